The summed E-state index contributed by atoms with van der Waals surface area (Å²) >= 11 is 7.44. The fourth-order valence-corrected chi connectivity index (χ4v) is 3.26. The SMILES string of the molecule is CC(C)(C)N1CCC(NCc2ncc(Cl)s2)CC1. The van der Waals surface area contributed by atoms with E-state index < -0.39 is 0 Å². The zero-order chi connectivity index (χ0) is 13.2. The molecule has 0 aliphatic carbocycles. The first-order valence-corrected chi connectivity index (χ1v) is 7.73. The molecule has 0 bridgehead atoms. The smallest absolute Gasteiger partial charge is 0.113 e. The van der Waals surface area contributed by atoms with E-state index in [1.807, 2.05) is 0 Å². The summed E-state index contributed by atoms with van der Waals surface area (Å²) in [6, 6.07) is 0.617. The first-order chi connectivity index (χ1) is 8.45. The Labute approximate surface area is 119 Å². The zero-order valence-electron chi connectivity index (χ0n) is 11.4. The van der Waals surface area contributed by atoms with Crippen molar-refractivity contribution >= 4 is 22.9 Å². The fraction of sp³-hybridized carbons (Fsp3) is 0.769. The third kappa shape index (κ3) is 3.92. The number of hydrogen-bond donors (Lipinski definition) is 1. The Balaban J connectivity index is 1.74. The van der Waals surface area contributed by atoms with Gasteiger partial charge >= 0.3 is 0 Å². The maximum absolute atomic E-state index is 5.87. The van der Waals surface area contributed by atoms with Gasteiger partial charge in [0.25, 0.3) is 0 Å². The van der Waals surface area contributed by atoms with E-state index in [2.05, 4.69) is 36.0 Å². The van der Waals surface area contributed by atoms with Gasteiger partial charge in [-0.25, -0.2) is 4.98 Å². The van der Waals surface area contributed by atoms with E-state index in [1.165, 1.54) is 25.9 Å². The molecule has 0 radical (unpaired) electrons. The van der Waals surface area contributed by atoms with Crippen molar-refractivity contribution in [3.63, 3.8) is 0 Å². The number of rotatable bonds is 3. The maximum Gasteiger partial charge on any atom is 0.113 e. The molecule has 18 heavy (non-hydrogen) atoms. The average Bonchev–Trinajstić information content (AvgIpc) is 2.72. The number of aromatic nitrogens is 1. The van der Waals surface area contributed by atoms with Gasteiger partial charge in [-0.05, 0) is 33.6 Å². The minimum absolute atomic E-state index is 0.299. The van der Waals surface area contributed by atoms with Crippen LogP contribution in [-0.2, 0) is 6.54 Å². The maximum atomic E-state index is 5.87. The highest BCUT2D eigenvalue weighted by molar-refractivity contribution is 7.15. The van der Waals surface area contributed by atoms with E-state index in [1.54, 1.807) is 17.5 Å². The van der Waals surface area contributed by atoms with Gasteiger partial charge in [0.05, 0.1) is 6.20 Å². The van der Waals surface area contributed by atoms with Crippen molar-refractivity contribution < 1.29 is 0 Å². The summed E-state index contributed by atoms with van der Waals surface area (Å²) in [5.41, 5.74) is 0.299. The lowest BCUT2D eigenvalue weighted by Crippen LogP contribution is -2.49. The Bertz CT molecular complexity index is 378. The molecule has 0 saturated carbocycles. The highest BCUT2D eigenvalue weighted by atomic mass is 35.5. The summed E-state index contributed by atoms with van der Waals surface area (Å²) in [6.45, 7) is 10.1. The molecule has 1 aromatic heterocycles. The molecule has 2 heterocycles. The lowest BCUT2D eigenvalue weighted by Gasteiger charge is -2.41. The number of nitrogens with zero attached hydrogens (tertiary/aromatic N) is 2. The van der Waals surface area contributed by atoms with Gasteiger partial charge in [-0.3, -0.25) is 4.90 Å². The van der Waals surface area contributed by atoms with Crippen LogP contribution in [0, 0.1) is 0 Å². The molecule has 102 valence electrons. The third-order valence-electron chi connectivity index (χ3n) is 3.51. The van der Waals surface area contributed by atoms with Crippen LogP contribution in [0.15, 0.2) is 6.20 Å². The minimum atomic E-state index is 0.299. The molecular weight excluding hydrogens is 266 g/mol. The Morgan fingerprint density at radius 1 is 1.44 bits per heavy atom. The summed E-state index contributed by atoms with van der Waals surface area (Å²) in [5.74, 6) is 0. The molecule has 1 fully saturated rings. The average molecular weight is 288 g/mol. The van der Waals surface area contributed by atoms with Gasteiger partial charge < -0.3 is 5.32 Å². The van der Waals surface area contributed by atoms with Crippen molar-refractivity contribution in [2.75, 3.05) is 13.1 Å². The van der Waals surface area contributed by atoms with E-state index in [0.717, 1.165) is 15.9 Å². The van der Waals surface area contributed by atoms with Crippen LogP contribution in [0.5, 0.6) is 0 Å². The van der Waals surface area contributed by atoms with E-state index >= 15 is 0 Å². The van der Waals surface area contributed by atoms with Crippen LogP contribution in [0.3, 0.4) is 0 Å². The number of piperidine rings is 1. The highest BCUT2D eigenvalue weighted by Gasteiger charge is 2.26. The molecule has 0 amide bonds. The second-order valence-corrected chi connectivity index (χ2v) is 7.62. The third-order valence-corrected chi connectivity index (χ3v) is 4.63. The van der Waals surface area contributed by atoms with Crippen LogP contribution < -0.4 is 5.32 Å². The molecule has 0 aromatic carbocycles. The van der Waals surface area contributed by atoms with Gasteiger partial charge in [0.1, 0.15) is 9.34 Å². The number of hydrogen-bond acceptors (Lipinski definition) is 4. The van der Waals surface area contributed by atoms with Crippen molar-refractivity contribution in [2.24, 2.45) is 0 Å². The number of nitrogens with one attached hydrogen (secondary N) is 1. The number of likely N-dealkylation sites (tertiary alicyclic amines) is 1. The largest absolute Gasteiger partial charge is 0.308 e. The van der Waals surface area contributed by atoms with Gasteiger partial charge in [0, 0.05) is 31.2 Å². The molecule has 1 saturated heterocycles. The Morgan fingerprint density at radius 2 is 2.11 bits per heavy atom. The topological polar surface area (TPSA) is 28.2 Å². The minimum Gasteiger partial charge on any atom is -0.308 e. The molecule has 1 N–H and O–H groups in total. The van der Waals surface area contributed by atoms with Gasteiger partial charge in [-0.15, -0.1) is 11.3 Å². The van der Waals surface area contributed by atoms with Crippen molar-refractivity contribution in [1.82, 2.24) is 15.2 Å². The van der Waals surface area contributed by atoms with Gasteiger partial charge in [0.2, 0.25) is 0 Å². The van der Waals surface area contributed by atoms with Crippen LogP contribution in [0.25, 0.3) is 0 Å². The molecule has 0 unspecified atom stereocenters. The van der Waals surface area contributed by atoms with Crippen molar-refractivity contribution in [3.8, 4) is 0 Å². The van der Waals surface area contributed by atoms with E-state index in [4.69, 9.17) is 11.6 Å². The molecule has 0 atom stereocenters. The summed E-state index contributed by atoms with van der Waals surface area (Å²) in [5, 5.41) is 4.67. The molecular formula is C13H22ClN3S. The quantitative estimate of drug-likeness (QED) is 0.926. The lowest BCUT2D eigenvalue weighted by molar-refractivity contribution is 0.0960. The van der Waals surface area contributed by atoms with E-state index in [0.29, 0.717) is 11.6 Å². The molecule has 1 aliphatic rings. The molecule has 0 spiro atoms. The molecule has 1 aromatic rings. The number of halogens is 1. The van der Waals surface area contributed by atoms with Gasteiger partial charge in [-0.2, -0.15) is 0 Å². The molecule has 3 nitrogen and oxygen atoms in total. The summed E-state index contributed by atoms with van der Waals surface area (Å²) in [6.07, 6.45) is 4.16. The monoisotopic (exact) mass is 287 g/mol. The molecule has 1 aliphatic heterocycles. The van der Waals surface area contributed by atoms with Gasteiger partial charge in [0.15, 0.2) is 0 Å². The highest BCUT2D eigenvalue weighted by Crippen LogP contribution is 2.21. The first-order valence-electron chi connectivity index (χ1n) is 6.54. The van der Waals surface area contributed by atoms with Gasteiger partial charge in [-0.1, -0.05) is 11.6 Å². The summed E-state index contributed by atoms with van der Waals surface area (Å²) in [7, 11) is 0. The molecule has 5 heteroatoms. The predicted octanol–water partition coefficient (Wildman–Crippen LogP) is 3.15. The number of thiazole rings is 1. The first kappa shape index (κ1) is 14.3. The Kier molecular flexibility index (Phi) is 4.64. The van der Waals surface area contributed by atoms with Crippen molar-refractivity contribution in [1.29, 1.82) is 0 Å². The van der Waals surface area contributed by atoms with E-state index in [-0.39, 0.29) is 0 Å². The standard InChI is InChI=1S/C13H22ClN3S/c1-13(2,3)17-6-4-10(5-7-17)15-9-12-16-8-11(14)18-12/h8,10,15H,4-7,9H2,1-3H3. The van der Waals surface area contributed by atoms with Crippen molar-refractivity contribution in [3.05, 3.63) is 15.5 Å². The van der Waals surface area contributed by atoms with Crippen LogP contribution in [0.1, 0.15) is 38.6 Å². The summed E-state index contributed by atoms with van der Waals surface area (Å²) in [4.78, 5) is 6.83. The predicted molar refractivity (Wildman–Crippen MR) is 78.3 cm³/mol. The fourth-order valence-electron chi connectivity index (χ4n) is 2.36. The van der Waals surface area contributed by atoms with Crippen LogP contribution in [-0.4, -0.2) is 34.6 Å². The van der Waals surface area contributed by atoms with Crippen LogP contribution in [0.2, 0.25) is 4.34 Å². The molecule has 2 rings (SSSR count). The van der Waals surface area contributed by atoms with Crippen LogP contribution >= 0.6 is 22.9 Å². The van der Waals surface area contributed by atoms with Crippen molar-refractivity contribution in [2.45, 2.75) is 51.7 Å². The normalized spacial score (nSPS) is 19.3. The summed E-state index contributed by atoms with van der Waals surface area (Å²) < 4.78 is 0.773. The lowest BCUT2D eigenvalue weighted by atomic mass is 9.98. The second kappa shape index (κ2) is 5.87. The van der Waals surface area contributed by atoms with Crippen LogP contribution in [0.4, 0.5) is 0 Å². The Morgan fingerprint density at radius 3 is 2.61 bits per heavy atom. The second-order valence-electron chi connectivity index (χ2n) is 5.87. The van der Waals surface area contributed by atoms with E-state index in [9.17, 15) is 0 Å². The Hall–Kier alpha value is -0.160. The zero-order valence-corrected chi connectivity index (χ0v) is 12.9.